The highest BCUT2D eigenvalue weighted by Gasteiger charge is 2.29. The quantitative estimate of drug-likeness (QED) is 0.424. The summed E-state index contributed by atoms with van der Waals surface area (Å²) in [6, 6.07) is 15.2. The van der Waals surface area contributed by atoms with Crippen molar-refractivity contribution in [2.75, 3.05) is 0 Å². The molecular weight excluding hydrogens is 440 g/mol. The fourth-order valence-electron chi connectivity index (χ4n) is 4.17. The summed E-state index contributed by atoms with van der Waals surface area (Å²) in [4.78, 5) is 17.0. The van der Waals surface area contributed by atoms with Gasteiger partial charge in [-0.2, -0.15) is 4.31 Å². The Morgan fingerprint density at radius 2 is 1.62 bits per heavy atom. The number of thiophene rings is 1. The molecule has 4 aromatic rings. The molecule has 5 nitrogen and oxygen atoms in total. The van der Waals surface area contributed by atoms with Crippen LogP contribution in [0.1, 0.15) is 32.7 Å². The summed E-state index contributed by atoms with van der Waals surface area (Å²) < 4.78 is 29.1. The van der Waals surface area contributed by atoms with Gasteiger partial charge in [-0.3, -0.25) is 4.79 Å². The second-order valence-electron chi connectivity index (χ2n) is 8.29. The van der Waals surface area contributed by atoms with E-state index in [1.165, 1.54) is 15.6 Å². The summed E-state index contributed by atoms with van der Waals surface area (Å²) in [7, 11) is -3.84. The molecule has 0 amide bonds. The van der Waals surface area contributed by atoms with Crippen LogP contribution < -0.4 is 5.56 Å². The number of aromatic amines is 1. The first-order valence-electron chi connectivity index (χ1n) is 10.4. The predicted octanol–water partition coefficient (Wildman–Crippen LogP) is 5.21. The van der Waals surface area contributed by atoms with Crippen LogP contribution in [0.3, 0.4) is 0 Å². The Bertz CT molecular complexity index is 1430. The molecule has 4 rings (SSSR count). The number of nitrogens with zero attached hydrogens (tertiary/aromatic N) is 1. The van der Waals surface area contributed by atoms with Crippen LogP contribution in [0.2, 0.25) is 0 Å². The maximum absolute atomic E-state index is 13.9. The SMILES string of the molecule is Cc1cc(C)c(S(=O)(=O)N(Cc2cccs2)Cc2cc3ccc(C)cc3[nH]c2=O)c(C)c1. The van der Waals surface area contributed by atoms with Crippen molar-refractivity contribution in [3.8, 4) is 0 Å². The van der Waals surface area contributed by atoms with E-state index in [2.05, 4.69) is 4.98 Å². The predicted molar refractivity (Wildman–Crippen MR) is 131 cm³/mol. The highest BCUT2D eigenvalue weighted by atomic mass is 32.2. The van der Waals surface area contributed by atoms with Crippen LogP contribution in [0.15, 0.2) is 63.6 Å². The van der Waals surface area contributed by atoms with Gasteiger partial charge in [-0.25, -0.2) is 8.42 Å². The number of hydrogen-bond donors (Lipinski definition) is 1. The lowest BCUT2D eigenvalue weighted by Gasteiger charge is -2.24. The molecule has 0 atom stereocenters. The number of hydrogen-bond acceptors (Lipinski definition) is 4. The number of aryl methyl sites for hydroxylation is 4. The Balaban J connectivity index is 1.82. The Hall–Kier alpha value is -2.74. The number of aromatic nitrogens is 1. The van der Waals surface area contributed by atoms with Gasteiger partial charge in [0.1, 0.15) is 0 Å². The minimum atomic E-state index is -3.84. The van der Waals surface area contributed by atoms with Crippen molar-refractivity contribution in [3.05, 3.63) is 97.0 Å². The average Bonchev–Trinajstić information content (AvgIpc) is 3.20. The molecule has 1 N–H and O–H groups in total. The van der Waals surface area contributed by atoms with Crippen LogP contribution in [0.25, 0.3) is 10.9 Å². The molecule has 2 aromatic heterocycles. The Labute approximate surface area is 192 Å². The number of nitrogens with one attached hydrogen (secondary N) is 1. The van der Waals surface area contributed by atoms with Crippen LogP contribution in [-0.4, -0.2) is 17.7 Å². The van der Waals surface area contributed by atoms with Crippen LogP contribution in [0.5, 0.6) is 0 Å². The lowest BCUT2D eigenvalue weighted by Crippen LogP contribution is -2.33. The van der Waals surface area contributed by atoms with Crippen LogP contribution in [0, 0.1) is 27.7 Å². The lowest BCUT2D eigenvalue weighted by atomic mass is 10.1. The molecule has 32 heavy (non-hydrogen) atoms. The topological polar surface area (TPSA) is 70.2 Å². The van der Waals surface area contributed by atoms with Gasteiger partial charge in [0.25, 0.3) is 5.56 Å². The van der Waals surface area contributed by atoms with Crippen LogP contribution in [0.4, 0.5) is 0 Å². The van der Waals surface area contributed by atoms with E-state index in [-0.39, 0.29) is 18.6 Å². The third-order valence-electron chi connectivity index (χ3n) is 5.54. The Morgan fingerprint density at radius 3 is 2.28 bits per heavy atom. The number of pyridine rings is 1. The van der Waals surface area contributed by atoms with E-state index in [1.807, 2.05) is 75.5 Å². The number of sulfonamides is 1. The first-order valence-corrected chi connectivity index (χ1v) is 12.7. The fourth-order valence-corrected chi connectivity index (χ4v) is 6.78. The number of benzene rings is 2. The Kier molecular flexibility index (Phi) is 6.07. The third-order valence-corrected chi connectivity index (χ3v) is 8.50. The largest absolute Gasteiger partial charge is 0.322 e. The number of H-pyrrole nitrogens is 1. The van der Waals surface area contributed by atoms with Crippen molar-refractivity contribution in [2.45, 2.75) is 45.7 Å². The maximum atomic E-state index is 13.9. The summed E-state index contributed by atoms with van der Waals surface area (Å²) in [6.45, 7) is 7.76. The number of fused-ring (bicyclic) bond motifs is 1. The van der Waals surface area contributed by atoms with Crippen LogP contribution >= 0.6 is 11.3 Å². The fraction of sp³-hybridized carbons (Fsp3) is 0.240. The summed E-state index contributed by atoms with van der Waals surface area (Å²) in [5, 5.41) is 2.80. The zero-order chi connectivity index (χ0) is 23.0. The molecule has 0 saturated heterocycles. The maximum Gasteiger partial charge on any atom is 0.252 e. The zero-order valence-electron chi connectivity index (χ0n) is 18.6. The lowest BCUT2D eigenvalue weighted by molar-refractivity contribution is 0.402. The van der Waals surface area contributed by atoms with E-state index >= 15 is 0 Å². The van der Waals surface area contributed by atoms with E-state index in [1.54, 1.807) is 6.07 Å². The van der Waals surface area contributed by atoms with Gasteiger partial charge in [-0.15, -0.1) is 11.3 Å². The van der Waals surface area contributed by atoms with Crippen molar-refractivity contribution in [1.82, 2.24) is 9.29 Å². The van der Waals surface area contributed by atoms with Gasteiger partial charge in [0.2, 0.25) is 10.0 Å². The van der Waals surface area contributed by atoms with Gasteiger partial charge in [0.15, 0.2) is 0 Å². The van der Waals surface area contributed by atoms with Crippen molar-refractivity contribution in [1.29, 1.82) is 0 Å². The zero-order valence-corrected chi connectivity index (χ0v) is 20.2. The molecule has 0 radical (unpaired) electrons. The second-order valence-corrected chi connectivity index (χ2v) is 11.2. The van der Waals surface area contributed by atoms with Gasteiger partial charge >= 0.3 is 0 Å². The highest BCUT2D eigenvalue weighted by molar-refractivity contribution is 7.89. The van der Waals surface area contributed by atoms with E-state index in [4.69, 9.17) is 0 Å². The molecule has 0 spiro atoms. The van der Waals surface area contributed by atoms with Crippen molar-refractivity contribution in [2.24, 2.45) is 0 Å². The molecule has 0 aliphatic heterocycles. The van der Waals surface area contributed by atoms with Gasteiger partial charge in [0.05, 0.1) is 4.90 Å². The smallest absolute Gasteiger partial charge is 0.252 e. The monoisotopic (exact) mass is 466 g/mol. The normalized spacial score (nSPS) is 12.0. The summed E-state index contributed by atoms with van der Waals surface area (Å²) >= 11 is 1.50. The molecular formula is C25H26N2O3S2. The molecule has 166 valence electrons. The molecule has 0 unspecified atom stereocenters. The molecule has 0 fully saturated rings. The molecule has 2 aromatic carbocycles. The molecule has 0 saturated carbocycles. The van der Waals surface area contributed by atoms with E-state index in [9.17, 15) is 13.2 Å². The van der Waals surface area contributed by atoms with Crippen molar-refractivity contribution >= 4 is 32.3 Å². The Morgan fingerprint density at radius 1 is 0.906 bits per heavy atom. The summed E-state index contributed by atoms with van der Waals surface area (Å²) in [5.41, 5.74) is 4.38. The molecule has 0 aliphatic rings. The van der Waals surface area contributed by atoms with Crippen molar-refractivity contribution in [3.63, 3.8) is 0 Å². The first-order chi connectivity index (χ1) is 15.1. The summed E-state index contributed by atoms with van der Waals surface area (Å²) in [5.74, 6) is 0. The van der Waals surface area contributed by atoms with E-state index in [0.717, 1.165) is 26.9 Å². The van der Waals surface area contributed by atoms with Crippen molar-refractivity contribution < 1.29 is 8.42 Å². The van der Waals surface area contributed by atoms with E-state index in [0.29, 0.717) is 21.6 Å². The van der Waals surface area contributed by atoms with Gasteiger partial charge in [-0.1, -0.05) is 35.9 Å². The number of rotatable bonds is 6. The first kappa shape index (κ1) is 22.5. The molecule has 0 bridgehead atoms. The standard InChI is InChI=1S/C25H26N2O3S2/c1-16-7-8-20-13-21(25(28)26-23(20)12-16)14-27(15-22-6-5-9-31-22)32(29,30)24-18(3)10-17(2)11-19(24)4/h5-13H,14-15H2,1-4H3,(H,26,28). The van der Waals surface area contributed by atoms with Crippen LogP contribution in [-0.2, 0) is 23.1 Å². The minimum Gasteiger partial charge on any atom is -0.322 e. The third kappa shape index (κ3) is 4.41. The highest BCUT2D eigenvalue weighted by Crippen LogP contribution is 2.28. The van der Waals surface area contributed by atoms with Gasteiger partial charge in [-0.05, 0) is 73.4 Å². The van der Waals surface area contributed by atoms with E-state index < -0.39 is 10.0 Å². The van der Waals surface area contributed by atoms with Gasteiger partial charge in [0, 0.05) is 29.0 Å². The second kappa shape index (κ2) is 8.65. The van der Waals surface area contributed by atoms with Gasteiger partial charge < -0.3 is 4.98 Å². The average molecular weight is 467 g/mol. The minimum absolute atomic E-state index is 0.00780. The molecule has 0 aliphatic carbocycles. The molecule has 2 heterocycles. The molecule has 7 heteroatoms. The summed E-state index contributed by atoms with van der Waals surface area (Å²) in [6.07, 6.45) is 0.